The van der Waals surface area contributed by atoms with E-state index in [0.717, 1.165) is 17.0 Å². The van der Waals surface area contributed by atoms with Crippen molar-refractivity contribution >= 4 is 47.1 Å². The van der Waals surface area contributed by atoms with Gasteiger partial charge in [0.2, 0.25) is 0 Å². The second-order valence-electron chi connectivity index (χ2n) is 6.93. The van der Waals surface area contributed by atoms with Crippen molar-refractivity contribution < 1.29 is 9.53 Å². The molecular formula is C24H19Cl2N5O2S. The fourth-order valence-corrected chi connectivity index (χ4v) is 4.16. The maximum atomic E-state index is 12.4. The van der Waals surface area contributed by atoms with Crippen molar-refractivity contribution in [2.45, 2.75) is 5.16 Å². The highest BCUT2D eigenvalue weighted by Crippen LogP contribution is 2.29. The molecule has 34 heavy (non-hydrogen) atoms. The summed E-state index contributed by atoms with van der Waals surface area (Å²) in [7, 11) is 1.62. The van der Waals surface area contributed by atoms with Gasteiger partial charge in [-0.1, -0.05) is 77.4 Å². The van der Waals surface area contributed by atoms with E-state index in [1.54, 1.807) is 25.3 Å². The quantitative estimate of drug-likeness (QED) is 0.192. The Balaban J connectivity index is 1.51. The summed E-state index contributed by atoms with van der Waals surface area (Å²) >= 11 is 13.4. The predicted molar refractivity (Wildman–Crippen MR) is 136 cm³/mol. The maximum absolute atomic E-state index is 12.4. The van der Waals surface area contributed by atoms with Gasteiger partial charge in [-0.15, -0.1) is 10.2 Å². The molecule has 0 bridgehead atoms. The minimum absolute atomic E-state index is 0.0870. The van der Waals surface area contributed by atoms with E-state index in [1.807, 2.05) is 59.2 Å². The number of hydrogen-bond acceptors (Lipinski definition) is 6. The molecule has 0 saturated carbocycles. The van der Waals surface area contributed by atoms with Crippen molar-refractivity contribution in [2.75, 3.05) is 12.9 Å². The number of carbonyl (C=O) groups is 1. The van der Waals surface area contributed by atoms with Crippen molar-refractivity contribution in [3.63, 3.8) is 0 Å². The summed E-state index contributed by atoms with van der Waals surface area (Å²) in [6, 6.07) is 22.5. The zero-order valence-electron chi connectivity index (χ0n) is 18.0. The Kier molecular flexibility index (Phi) is 7.84. The number of hydrazone groups is 1. The third kappa shape index (κ3) is 5.59. The molecule has 172 valence electrons. The molecule has 4 aromatic rings. The molecule has 0 atom stereocenters. The number of rotatable bonds is 8. The molecule has 7 nitrogen and oxygen atoms in total. The highest BCUT2D eigenvalue weighted by atomic mass is 35.5. The number of amides is 1. The first-order valence-electron chi connectivity index (χ1n) is 10.1. The summed E-state index contributed by atoms with van der Waals surface area (Å²) in [4.78, 5) is 12.4. The number of nitrogens with one attached hydrogen (secondary N) is 1. The average Bonchev–Trinajstić information content (AvgIpc) is 3.30. The van der Waals surface area contributed by atoms with Crippen molar-refractivity contribution in [2.24, 2.45) is 5.10 Å². The molecule has 3 aromatic carbocycles. The van der Waals surface area contributed by atoms with Crippen LogP contribution in [-0.4, -0.2) is 39.7 Å². The fraction of sp³-hybridized carbons (Fsp3) is 0.0833. The van der Waals surface area contributed by atoms with E-state index in [2.05, 4.69) is 20.7 Å². The van der Waals surface area contributed by atoms with Crippen LogP contribution in [0.2, 0.25) is 10.0 Å². The van der Waals surface area contributed by atoms with Crippen LogP contribution in [0.25, 0.3) is 17.1 Å². The first-order valence-corrected chi connectivity index (χ1v) is 11.8. The van der Waals surface area contributed by atoms with Crippen LogP contribution in [-0.2, 0) is 4.79 Å². The topological polar surface area (TPSA) is 81.4 Å². The van der Waals surface area contributed by atoms with Gasteiger partial charge in [-0.25, -0.2) is 5.43 Å². The van der Waals surface area contributed by atoms with Crippen LogP contribution >= 0.6 is 35.0 Å². The molecule has 0 unspecified atom stereocenters. The predicted octanol–water partition coefficient (Wildman–Crippen LogP) is 5.49. The highest BCUT2D eigenvalue weighted by Gasteiger charge is 2.17. The van der Waals surface area contributed by atoms with Crippen LogP contribution in [0.3, 0.4) is 0 Å². The van der Waals surface area contributed by atoms with Gasteiger partial charge in [0, 0.05) is 16.8 Å². The van der Waals surface area contributed by atoms with Crippen LogP contribution < -0.4 is 10.2 Å². The third-order valence-corrected chi connectivity index (χ3v) is 6.47. The molecule has 1 amide bonds. The van der Waals surface area contributed by atoms with E-state index in [0.29, 0.717) is 26.6 Å². The first-order chi connectivity index (χ1) is 16.6. The Morgan fingerprint density at radius 1 is 1.06 bits per heavy atom. The summed E-state index contributed by atoms with van der Waals surface area (Å²) in [5.41, 5.74) is 4.86. The molecule has 0 spiro atoms. The monoisotopic (exact) mass is 511 g/mol. The number of aromatic nitrogens is 3. The van der Waals surface area contributed by atoms with Gasteiger partial charge in [0.1, 0.15) is 5.75 Å². The highest BCUT2D eigenvalue weighted by molar-refractivity contribution is 7.99. The number of halogens is 2. The minimum Gasteiger partial charge on any atom is -0.497 e. The second-order valence-corrected chi connectivity index (χ2v) is 8.66. The van der Waals surface area contributed by atoms with Crippen molar-refractivity contribution in [3.8, 4) is 22.8 Å². The SMILES string of the molecule is COc1ccc(-n2c(SCC(=O)NN=Cc3cccc(Cl)c3Cl)nnc2-c2ccccc2)cc1. The van der Waals surface area contributed by atoms with Gasteiger partial charge < -0.3 is 4.74 Å². The van der Waals surface area contributed by atoms with Gasteiger partial charge in [-0.05, 0) is 30.3 Å². The average molecular weight is 512 g/mol. The standard InChI is InChI=1S/C24H19Cl2N5O2S/c1-33-19-12-10-18(11-13-19)31-23(16-6-3-2-4-7-16)29-30-24(31)34-15-21(32)28-27-14-17-8-5-9-20(25)22(17)26/h2-14H,15H2,1H3,(H,28,32). The summed E-state index contributed by atoms with van der Waals surface area (Å²) in [5.74, 6) is 1.19. The van der Waals surface area contributed by atoms with E-state index in [4.69, 9.17) is 27.9 Å². The molecule has 0 fully saturated rings. The van der Waals surface area contributed by atoms with Gasteiger partial charge in [0.05, 0.1) is 29.1 Å². The lowest BCUT2D eigenvalue weighted by molar-refractivity contribution is -0.118. The molecule has 0 radical (unpaired) electrons. The first kappa shape index (κ1) is 23.8. The van der Waals surface area contributed by atoms with Crippen molar-refractivity contribution in [1.29, 1.82) is 0 Å². The number of methoxy groups -OCH3 is 1. The van der Waals surface area contributed by atoms with Crippen LogP contribution in [0.1, 0.15) is 5.56 Å². The van der Waals surface area contributed by atoms with E-state index in [1.165, 1.54) is 18.0 Å². The normalized spacial score (nSPS) is 11.0. The van der Waals surface area contributed by atoms with E-state index < -0.39 is 0 Å². The molecule has 0 aliphatic heterocycles. The van der Waals surface area contributed by atoms with Crippen LogP contribution in [0, 0.1) is 0 Å². The molecular weight excluding hydrogens is 493 g/mol. The summed E-state index contributed by atoms with van der Waals surface area (Å²) in [6.07, 6.45) is 1.45. The molecule has 1 heterocycles. The molecule has 1 aromatic heterocycles. The smallest absolute Gasteiger partial charge is 0.250 e. The van der Waals surface area contributed by atoms with E-state index in [-0.39, 0.29) is 11.7 Å². The number of benzene rings is 3. The number of hydrogen-bond donors (Lipinski definition) is 1. The molecule has 0 aliphatic carbocycles. The Labute approximate surface area is 210 Å². The summed E-state index contributed by atoms with van der Waals surface area (Å²) in [5, 5.41) is 14.0. The Bertz CT molecular complexity index is 1310. The van der Waals surface area contributed by atoms with Gasteiger partial charge in [-0.3, -0.25) is 9.36 Å². The number of carbonyl (C=O) groups excluding carboxylic acids is 1. The van der Waals surface area contributed by atoms with Crippen LogP contribution in [0.15, 0.2) is 83.1 Å². The lowest BCUT2D eigenvalue weighted by Crippen LogP contribution is -2.20. The zero-order chi connectivity index (χ0) is 23.9. The fourth-order valence-electron chi connectivity index (χ4n) is 3.06. The molecule has 1 N–H and O–H groups in total. The Morgan fingerprint density at radius 3 is 2.56 bits per heavy atom. The van der Waals surface area contributed by atoms with E-state index in [9.17, 15) is 4.79 Å². The summed E-state index contributed by atoms with van der Waals surface area (Å²) in [6.45, 7) is 0. The third-order valence-electron chi connectivity index (χ3n) is 4.70. The Hall–Kier alpha value is -3.33. The minimum atomic E-state index is -0.301. The number of nitrogens with zero attached hydrogens (tertiary/aromatic N) is 4. The molecule has 4 rings (SSSR count). The van der Waals surface area contributed by atoms with E-state index >= 15 is 0 Å². The van der Waals surface area contributed by atoms with Crippen LogP contribution in [0.5, 0.6) is 5.75 Å². The maximum Gasteiger partial charge on any atom is 0.250 e. The van der Waals surface area contributed by atoms with Gasteiger partial charge >= 0.3 is 0 Å². The lowest BCUT2D eigenvalue weighted by atomic mass is 10.2. The second kappa shape index (κ2) is 11.2. The van der Waals surface area contributed by atoms with Gasteiger partial charge in [0.15, 0.2) is 11.0 Å². The lowest BCUT2D eigenvalue weighted by Gasteiger charge is -2.11. The van der Waals surface area contributed by atoms with Crippen LogP contribution in [0.4, 0.5) is 0 Å². The van der Waals surface area contributed by atoms with Crippen molar-refractivity contribution in [3.05, 3.63) is 88.4 Å². The number of thioether (sulfide) groups is 1. The Morgan fingerprint density at radius 2 is 1.82 bits per heavy atom. The zero-order valence-corrected chi connectivity index (χ0v) is 20.3. The van der Waals surface area contributed by atoms with Gasteiger partial charge in [0.25, 0.3) is 5.91 Å². The molecule has 0 aliphatic rings. The van der Waals surface area contributed by atoms with Gasteiger partial charge in [-0.2, -0.15) is 5.10 Å². The van der Waals surface area contributed by atoms with Crippen molar-refractivity contribution in [1.82, 2.24) is 20.2 Å². The number of ether oxygens (including phenoxy) is 1. The summed E-state index contributed by atoms with van der Waals surface area (Å²) < 4.78 is 7.17. The largest absolute Gasteiger partial charge is 0.497 e. The molecule has 10 heteroatoms. The molecule has 0 saturated heterocycles.